The molecule has 1 aliphatic heterocycles. The standard InChI is InChI=1S/C14H23N3/c1-14(2,17-9-4-3-5-10-17)13(15)12-7-6-8-16-11-12/h6-8,11,13H,3-5,9-10,15H2,1-2H3. The molecule has 17 heavy (non-hydrogen) atoms. The van der Waals surface area contributed by atoms with Gasteiger partial charge in [-0.25, -0.2) is 0 Å². The fourth-order valence-electron chi connectivity index (χ4n) is 2.63. The van der Waals surface area contributed by atoms with Crippen molar-refractivity contribution in [2.45, 2.75) is 44.7 Å². The van der Waals surface area contributed by atoms with Gasteiger partial charge in [-0.05, 0) is 51.4 Å². The van der Waals surface area contributed by atoms with Crippen molar-refractivity contribution in [3.8, 4) is 0 Å². The molecule has 1 aromatic heterocycles. The van der Waals surface area contributed by atoms with Crippen LogP contribution in [-0.4, -0.2) is 28.5 Å². The maximum atomic E-state index is 6.42. The minimum atomic E-state index is 0.00343. The van der Waals surface area contributed by atoms with Crippen LogP contribution in [0.1, 0.15) is 44.7 Å². The van der Waals surface area contributed by atoms with Crippen molar-refractivity contribution >= 4 is 0 Å². The molecular weight excluding hydrogens is 210 g/mol. The van der Waals surface area contributed by atoms with Crippen molar-refractivity contribution in [2.75, 3.05) is 13.1 Å². The highest BCUT2D eigenvalue weighted by Crippen LogP contribution is 2.30. The number of aromatic nitrogens is 1. The molecule has 1 aliphatic rings. The van der Waals surface area contributed by atoms with E-state index in [-0.39, 0.29) is 11.6 Å². The number of hydrogen-bond donors (Lipinski definition) is 1. The first-order chi connectivity index (χ1) is 8.12. The second kappa shape index (κ2) is 5.15. The van der Waals surface area contributed by atoms with E-state index in [9.17, 15) is 0 Å². The minimum absolute atomic E-state index is 0.00343. The van der Waals surface area contributed by atoms with Gasteiger partial charge in [0.05, 0.1) is 0 Å². The molecule has 1 unspecified atom stereocenters. The maximum absolute atomic E-state index is 6.42. The molecular formula is C14H23N3. The van der Waals surface area contributed by atoms with Crippen LogP contribution >= 0.6 is 0 Å². The Morgan fingerprint density at radius 1 is 1.29 bits per heavy atom. The SMILES string of the molecule is CC(C)(C(N)c1cccnc1)N1CCCCC1. The molecule has 0 aliphatic carbocycles. The number of nitrogens with zero attached hydrogens (tertiary/aromatic N) is 2. The van der Waals surface area contributed by atoms with Crippen LogP contribution in [0.15, 0.2) is 24.5 Å². The summed E-state index contributed by atoms with van der Waals surface area (Å²) in [5.41, 5.74) is 7.55. The fraction of sp³-hybridized carbons (Fsp3) is 0.643. The highest BCUT2D eigenvalue weighted by atomic mass is 15.2. The number of pyridine rings is 1. The highest BCUT2D eigenvalue weighted by molar-refractivity contribution is 5.18. The summed E-state index contributed by atoms with van der Waals surface area (Å²) in [6.45, 7) is 6.83. The summed E-state index contributed by atoms with van der Waals surface area (Å²) in [5, 5.41) is 0. The van der Waals surface area contributed by atoms with Crippen LogP contribution in [0.2, 0.25) is 0 Å². The van der Waals surface area contributed by atoms with Gasteiger partial charge in [0, 0.05) is 24.0 Å². The Morgan fingerprint density at radius 2 is 2.00 bits per heavy atom. The fourth-order valence-corrected chi connectivity index (χ4v) is 2.63. The zero-order chi connectivity index (χ0) is 12.3. The van der Waals surface area contributed by atoms with E-state index in [2.05, 4.69) is 29.8 Å². The van der Waals surface area contributed by atoms with Gasteiger partial charge in [-0.1, -0.05) is 12.5 Å². The van der Waals surface area contributed by atoms with Gasteiger partial charge in [-0.2, -0.15) is 0 Å². The Morgan fingerprint density at radius 3 is 2.59 bits per heavy atom. The maximum Gasteiger partial charge on any atom is 0.0492 e. The second-order valence-corrected chi connectivity index (χ2v) is 5.47. The van der Waals surface area contributed by atoms with E-state index in [1.807, 2.05) is 12.3 Å². The van der Waals surface area contributed by atoms with Crippen molar-refractivity contribution in [3.05, 3.63) is 30.1 Å². The molecule has 0 saturated carbocycles. The summed E-state index contributed by atoms with van der Waals surface area (Å²) in [6.07, 6.45) is 7.63. The van der Waals surface area contributed by atoms with Crippen LogP contribution in [0.4, 0.5) is 0 Å². The van der Waals surface area contributed by atoms with E-state index in [1.54, 1.807) is 6.20 Å². The van der Waals surface area contributed by atoms with E-state index < -0.39 is 0 Å². The third kappa shape index (κ3) is 2.67. The van der Waals surface area contributed by atoms with Gasteiger partial charge >= 0.3 is 0 Å². The second-order valence-electron chi connectivity index (χ2n) is 5.47. The lowest BCUT2D eigenvalue weighted by Crippen LogP contribution is -2.53. The third-order valence-corrected chi connectivity index (χ3v) is 3.98. The normalized spacial score (nSPS) is 20.2. The summed E-state index contributed by atoms with van der Waals surface area (Å²) in [5.74, 6) is 0. The largest absolute Gasteiger partial charge is 0.322 e. The Kier molecular flexibility index (Phi) is 3.79. The topological polar surface area (TPSA) is 42.1 Å². The summed E-state index contributed by atoms with van der Waals surface area (Å²) in [4.78, 5) is 6.69. The molecule has 1 aromatic rings. The van der Waals surface area contributed by atoms with Crippen LogP contribution in [0.25, 0.3) is 0 Å². The zero-order valence-corrected chi connectivity index (χ0v) is 10.9. The molecule has 0 spiro atoms. The van der Waals surface area contributed by atoms with E-state index in [0.717, 1.165) is 5.56 Å². The van der Waals surface area contributed by atoms with Crippen molar-refractivity contribution in [3.63, 3.8) is 0 Å². The average Bonchev–Trinajstić information content (AvgIpc) is 2.40. The van der Waals surface area contributed by atoms with E-state index in [1.165, 1.54) is 32.4 Å². The molecule has 2 N–H and O–H groups in total. The highest BCUT2D eigenvalue weighted by Gasteiger charge is 2.34. The smallest absolute Gasteiger partial charge is 0.0492 e. The molecule has 0 amide bonds. The molecule has 2 rings (SSSR count). The first-order valence-corrected chi connectivity index (χ1v) is 6.53. The van der Waals surface area contributed by atoms with E-state index in [0.29, 0.717) is 0 Å². The quantitative estimate of drug-likeness (QED) is 0.871. The Balaban J connectivity index is 2.13. The summed E-state index contributed by atoms with van der Waals surface area (Å²) >= 11 is 0. The number of nitrogens with two attached hydrogens (primary N) is 1. The monoisotopic (exact) mass is 233 g/mol. The molecule has 3 nitrogen and oxygen atoms in total. The van der Waals surface area contributed by atoms with Crippen LogP contribution < -0.4 is 5.73 Å². The van der Waals surface area contributed by atoms with Crippen LogP contribution in [0, 0.1) is 0 Å². The van der Waals surface area contributed by atoms with Gasteiger partial charge in [0.2, 0.25) is 0 Å². The van der Waals surface area contributed by atoms with Gasteiger partial charge in [-0.3, -0.25) is 9.88 Å². The van der Waals surface area contributed by atoms with Gasteiger partial charge in [0.25, 0.3) is 0 Å². The average molecular weight is 233 g/mol. The molecule has 3 heteroatoms. The van der Waals surface area contributed by atoms with Crippen LogP contribution in [-0.2, 0) is 0 Å². The lowest BCUT2D eigenvalue weighted by molar-refractivity contribution is 0.0729. The number of likely N-dealkylation sites (tertiary alicyclic amines) is 1. The lowest BCUT2D eigenvalue weighted by atomic mass is 9.87. The third-order valence-electron chi connectivity index (χ3n) is 3.98. The molecule has 0 aromatic carbocycles. The van der Waals surface area contributed by atoms with Gasteiger partial charge in [0.1, 0.15) is 0 Å². The van der Waals surface area contributed by atoms with Crippen molar-refractivity contribution in [2.24, 2.45) is 5.73 Å². The zero-order valence-electron chi connectivity index (χ0n) is 10.9. The molecule has 0 radical (unpaired) electrons. The molecule has 1 saturated heterocycles. The molecule has 94 valence electrons. The predicted octanol–water partition coefficient (Wildman–Crippen LogP) is 2.35. The molecule has 2 heterocycles. The Labute approximate surface area is 104 Å². The molecule has 1 fully saturated rings. The summed E-state index contributed by atoms with van der Waals surface area (Å²) in [7, 11) is 0. The van der Waals surface area contributed by atoms with E-state index >= 15 is 0 Å². The van der Waals surface area contributed by atoms with E-state index in [4.69, 9.17) is 5.73 Å². The van der Waals surface area contributed by atoms with Crippen molar-refractivity contribution in [1.82, 2.24) is 9.88 Å². The summed E-state index contributed by atoms with van der Waals surface area (Å²) in [6, 6.07) is 4.06. The van der Waals surface area contributed by atoms with Crippen LogP contribution in [0.5, 0.6) is 0 Å². The predicted molar refractivity (Wildman–Crippen MR) is 70.7 cm³/mol. The Bertz CT molecular complexity index is 342. The molecule has 1 atom stereocenters. The number of piperidine rings is 1. The van der Waals surface area contributed by atoms with Gasteiger partial charge in [-0.15, -0.1) is 0 Å². The Hall–Kier alpha value is -0.930. The number of hydrogen-bond acceptors (Lipinski definition) is 3. The summed E-state index contributed by atoms with van der Waals surface area (Å²) < 4.78 is 0. The first kappa shape index (κ1) is 12.5. The molecule has 0 bridgehead atoms. The van der Waals surface area contributed by atoms with Crippen molar-refractivity contribution < 1.29 is 0 Å². The minimum Gasteiger partial charge on any atom is -0.322 e. The van der Waals surface area contributed by atoms with Crippen LogP contribution in [0.3, 0.4) is 0 Å². The lowest BCUT2D eigenvalue weighted by Gasteiger charge is -2.44. The van der Waals surface area contributed by atoms with Crippen molar-refractivity contribution in [1.29, 1.82) is 0 Å². The van der Waals surface area contributed by atoms with Gasteiger partial charge < -0.3 is 5.73 Å². The van der Waals surface area contributed by atoms with Gasteiger partial charge in [0.15, 0.2) is 0 Å². The number of rotatable bonds is 3. The first-order valence-electron chi connectivity index (χ1n) is 6.53.